The molecule has 0 bridgehead atoms. The van der Waals surface area contributed by atoms with Gasteiger partial charge in [0.15, 0.2) is 11.0 Å². The number of anilines is 1. The van der Waals surface area contributed by atoms with E-state index in [1.165, 1.54) is 12.3 Å². The summed E-state index contributed by atoms with van der Waals surface area (Å²) in [7, 11) is 0. The standard InChI is InChI=1S/C12H7Cl2FN2O/c13-7-2-1-3-8(6-7)17-12(18)9-4-5-16-11(14)10(9)15/h1-6H,(H,17,18). The molecule has 0 aliphatic heterocycles. The van der Waals surface area contributed by atoms with Gasteiger partial charge in [-0.15, -0.1) is 0 Å². The molecule has 2 aromatic rings. The SMILES string of the molecule is O=C(Nc1cccc(Cl)c1)c1ccnc(Cl)c1F. The van der Waals surface area contributed by atoms with Crippen LogP contribution >= 0.6 is 23.2 Å². The van der Waals surface area contributed by atoms with E-state index in [1.807, 2.05) is 0 Å². The Morgan fingerprint density at radius 1 is 1.28 bits per heavy atom. The van der Waals surface area contributed by atoms with Crippen molar-refractivity contribution in [2.75, 3.05) is 5.32 Å². The van der Waals surface area contributed by atoms with Crippen LogP contribution in [0, 0.1) is 5.82 Å². The molecular weight excluding hydrogens is 278 g/mol. The first-order valence-corrected chi connectivity index (χ1v) is 5.70. The second-order valence-corrected chi connectivity index (χ2v) is 4.22. The minimum absolute atomic E-state index is 0.171. The molecule has 1 aromatic carbocycles. The van der Waals surface area contributed by atoms with E-state index in [0.717, 1.165) is 0 Å². The minimum Gasteiger partial charge on any atom is -0.322 e. The van der Waals surface area contributed by atoms with Crippen molar-refractivity contribution in [2.24, 2.45) is 0 Å². The summed E-state index contributed by atoms with van der Waals surface area (Å²) in [6.07, 6.45) is 1.26. The molecule has 0 radical (unpaired) electrons. The molecule has 1 N–H and O–H groups in total. The maximum absolute atomic E-state index is 13.6. The van der Waals surface area contributed by atoms with Gasteiger partial charge in [-0.1, -0.05) is 29.3 Å². The van der Waals surface area contributed by atoms with Gasteiger partial charge in [-0.25, -0.2) is 9.37 Å². The van der Waals surface area contributed by atoms with Gasteiger partial charge in [-0.2, -0.15) is 0 Å². The maximum Gasteiger partial charge on any atom is 0.258 e. The van der Waals surface area contributed by atoms with E-state index in [1.54, 1.807) is 24.3 Å². The van der Waals surface area contributed by atoms with Gasteiger partial charge >= 0.3 is 0 Å². The lowest BCUT2D eigenvalue weighted by atomic mass is 10.2. The quantitative estimate of drug-likeness (QED) is 0.853. The summed E-state index contributed by atoms with van der Waals surface area (Å²) in [6, 6.07) is 7.79. The number of carbonyl (C=O) groups is 1. The first kappa shape index (κ1) is 12.8. The molecule has 0 aliphatic rings. The van der Waals surface area contributed by atoms with Gasteiger partial charge in [0.25, 0.3) is 5.91 Å². The third kappa shape index (κ3) is 2.78. The van der Waals surface area contributed by atoms with Crippen molar-refractivity contribution >= 4 is 34.8 Å². The first-order valence-electron chi connectivity index (χ1n) is 4.95. The summed E-state index contributed by atoms with van der Waals surface area (Å²) in [6.45, 7) is 0. The van der Waals surface area contributed by atoms with Crippen molar-refractivity contribution in [3.05, 3.63) is 58.1 Å². The Bertz CT molecular complexity index is 604. The van der Waals surface area contributed by atoms with Crippen LogP contribution in [0.25, 0.3) is 0 Å². The van der Waals surface area contributed by atoms with Gasteiger partial charge in [0.05, 0.1) is 5.56 Å². The summed E-state index contributed by atoms with van der Waals surface area (Å²) >= 11 is 11.3. The molecule has 0 fully saturated rings. The largest absolute Gasteiger partial charge is 0.322 e. The summed E-state index contributed by atoms with van der Waals surface area (Å²) in [5, 5.41) is 2.65. The van der Waals surface area contributed by atoms with E-state index in [9.17, 15) is 9.18 Å². The number of hydrogen-bond acceptors (Lipinski definition) is 2. The Hall–Kier alpha value is -1.65. The Morgan fingerprint density at radius 2 is 2.06 bits per heavy atom. The van der Waals surface area contributed by atoms with Crippen LogP contribution in [0.5, 0.6) is 0 Å². The Morgan fingerprint density at radius 3 is 2.78 bits per heavy atom. The summed E-state index contributed by atoms with van der Waals surface area (Å²) < 4.78 is 13.6. The van der Waals surface area contributed by atoms with E-state index in [0.29, 0.717) is 10.7 Å². The highest BCUT2D eigenvalue weighted by molar-refractivity contribution is 6.31. The van der Waals surface area contributed by atoms with Crippen LogP contribution in [0.3, 0.4) is 0 Å². The number of rotatable bonds is 2. The van der Waals surface area contributed by atoms with Crippen LogP contribution < -0.4 is 5.32 Å². The first-order chi connectivity index (χ1) is 8.58. The van der Waals surface area contributed by atoms with E-state index in [-0.39, 0.29) is 10.7 Å². The van der Waals surface area contributed by atoms with E-state index in [4.69, 9.17) is 23.2 Å². The topological polar surface area (TPSA) is 42.0 Å². The molecule has 3 nitrogen and oxygen atoms in total. The molecule has 0 spiro atoms. The van der Waals surface area contributed by atoms with Crippen molar-refractivity contribution in [3.8, 4) is 0 Å². The predicted molar refractivity (Wildman–Crippen MR) is 68.6 cm³/mol. The highest BCUT2D eigenvalue weighted by atomic mass is 35.5. The van der Waals surface area contributed by atoms with Crippen molar-refractivity contribution < 1.29 is 9.18 Å². The molecule has 0 aliphatic carbocycles. The zero-order chi connectivity index (χ0) is 13.1. The van der Waals surface area contributed by atoms with Gasteiger partial charge in [-0.3, -0.25) is 4.79 Å². The molecule has 2 rings (SSSR count). The van der Waals surface area contributed by atoms with Crippen LogP contribution in [-0.4, -0.2) is 10.9 Å². The number of benzene rings is 1. The lowest BCUT2D eigenvalue weighted by molar-refractivity contribution is 0.102. The summed E-state index contributed by atoms with van der Waals surface area (Å²) in [4.78, 5) is 15.4. The van der Waals surface area contributed by atoms with Crippen LogP contribution in [0.2, 0.25) is 10.2 Å². The number of pyridine rings is 1. The zero-order valence-electron chi connectivity index (χ0n) is 8.95. The Labute approximate surface area is 113 Å². The van der Waals surface area contributed by atoms with Crippen LogP contribution in [0.4, 0.5) is 10.1 Å². The van der Waals surface area contributed by atoms with Crippen molar-refractivity contribution in [1.29, 1.82) is 0 Å². The smallest absolute Gasteiger partial charge is 0.258 e. The number of nitrogens with zero attached hydrogens (tertiary/aromatic N) is 1. The third-order valence-corrected chi connectivity index (χ3v) is 2.67. The number of halogens is 3. The number of aromatic nitrogens is 1. The molecule has 1 amide bonds. The molecular formula is C12H7Cl2FN2O. The van der Waals surface area contributed by atoms with E-state index >= 15 is 0 Å². The molecule has 92 valence electrons. The fourth-order valence-electron chi connectivity index (χ4n) is 1.36. The van der Waals surface area contributed by atoms with Crippen molar-refractivity contribution in [1.82, 2.24) is 4.98 Å². The minimum atomic E-state index is -0.848. The molecule has 1 heterocycles. The molecule has 0 atom stereocenters. The number of hydrogen-bond donors (Lipinski definition) is 1. The Kier molecular flexibility index (Phi) is 3.79. The second-order valence-electron chi connectivity index (χ2n) is 3.43. The Balaban J connectivity index is 2.25. The highest BCUT2D eigenvalue weighted by Gasteiger charge is 2.15. The molecule has 1 aromatic heterocycles. The molecule has 0 unspecified atom stereocenters. The molecule has 0 saturated carbocycles. The monoisotopic (exact) mass is 284 g/mol. The van der Waals surface area contributed by atoms with Gasteiger partial charge in [0.1, 0.15) is 0 Å². The second kappa shape index (κ2) is 5.33. The third-order valence-electron chi connectivity index (χ3n) is 2.17. The van der Waals surface area contributed by atoms with Crippen LogP contribution in [0.1, 0.15) is 10.4 Å². The van der Waals surface area contributed by atoms with Crippen molar-refractivity contribution in [3.63, 3.8) is 0 Å². The lowest BCUT2D eigenvalue weighted by Gasteiger charge is -2.06. The normalized spacial score (nSPS) is 10.2. The fraction of sp³-hybridized carbons (Fsp3) is 0. The number of amides is 1. The molecule has 6 heteroatoms. The predicted octanol–water partition coefficient (Wildman–Crippen LogP) is 3.78. The van der Waals surface area contributed by atoms with Crippen LogP contribution in [-0.2, 0) is 0 Å². The molecule has 0 saturated heterocycles. The van der Waals surface area contributed by atoms with Crippen LogP contribution in [0.15, 0.2) is 36.5 Å². The summed E-state index contributed by atoms with van der Waals surface area (Å²) in [5.41, 5.74) is 0.301. The number of nitrogens with one attached hydrogen (secondary N) is 1. The van der Waals surface area contributed by atoms with Gasteiger partial charge in [0, 0.05) is 16.9 Å². The molecule has 18 heavy (non-hydrogen) atoms. The highest BCUT2D eigenvalue weighted by Crippen LogP contribution is 2.18. The zero-order valence-corrected chi connectivity index (χ0v) is 10.5. The lowest BCUT2D eigenvalue weighted by Crippen LogP contribution is -2.14. The average Bonchev–Trinajstić information content (AvgIpc) is 2.32. The van der Waals surface area contributed by atoms with Gasteiger partial charge in [-0.05, 0) is 24.3 Å². The van der Waals surface area contributed by atoms with Gasteiger partial charge < -0.3 is 5.32 Å². The fourth-order valence-corrected chi connectivity index (χ4v) is 1.71. The average molecular weight is 285 g/mol. The summed E-state index contributed by atoms with van der Waals surface area (Å²) in [5.74, 6) is -1.46. The van der Waals surface area contributed by atoms with Crippen molar-refractivity contribution in [2.45, 2.75) is 0 Å². The van der Waals surface area contributed by atoms with E-state index in [2.05, 4.69) is 10.3 Å². The van der Waals surface area contributed by atoms with E-state index < -0.39 is 11.7 Å². The van der Waals surface area contributed by atoms with Gasteiger partial charge in [0.2, 0.25) is 0 Å². The maximum atomic E-state index is 13.6. The number of carbonyl (C=O) groups excluding carboxylic acids is 1.